The van der Waals surface area contributed by atoms with Gasteiger partial charge in [-0.1, -0.05) is 30.7 Å². The van der Waals surface area contributed by atoms with Crippen LogP contribution in [-0.2, 0) is 6.61 Å². The van der Waals surface area contributed by atoms with E-state index in [0.29, 0.717) is 12.6 Å². The van der Waals surface area contributed by atoms with Crippen LogP contribution in [0.25, 0.3) is 0 Å². The maximum atomic E-state index is 5.90. The summed E-state index contributed by atoms with van der Waals surface area (Å²) in [6.45, 7) is 1.82. The van der Waals surface area contributed by atoms with Crippen molar-refractivity contribution in [3.63, 3.8) is 0 Å². The van der Waals surface area contributed by atoms with Crippen LogP contribution in [0.1, 0.15) is 49.3 Å². The van der Waals surface area contributed by atoms with Crippen LogP contribution >= 0.6 is 0 Å². The van der Waals surface area contributed by atoms with Gasteiger partial charge in [-0.3, -0.25) is 4.90 Å². The number of nitrogens with zero attached hydrogens (tertiary/aromatic N) is 1. The summed E-state index contributed by atoms with van der Waals surface area (Å²) in [5, 5.41) is 0. The molecular formula is C21H26N2O. The molecule has 0 aromatic heterocycles. The number of hydrogen-bond acceptors (Lipinski definition) is 3. The highest BCUT2D eigenvalue weighted by Gasteiger charge is 2.35. The van der Waals surface area contributed by atoms with Gasteiger partial charge in [-0.05, 0) is 67.6 Å². The largest absolute Gasteiger partial charge is 0.489 e. The summed E-state index contributed by atoms with van der Waals surface area (Å²) in [6, 6.07) is 18.0. The first-order chi connectivity index (χ1) is 11.8. The van der Waals surface area contributed by atoms with Crippen molar-refractivity contribution in [2.45, 2.75) is 50.8 Å². The van der Waals surface area contributed by atoms with Crippen molar-refractivity contribution in [1.29, 1.82) is 0 Å². The van der Waals surface area contributed by atoms with Crippen molar-refractivity contribution in [1.82, 2.24) is 4.90 Å². The first-order valence-corrected chi connectivity index (χ1v) is 9.12. The lowest BCUT2D eigenvalue weighted by Crippen LogP contribution is -2.35. The van der Waals surface area contributed by atoms with Gasteiger partial charge in [0.15, 0.2) is 0 Å². The summed E-state index contributed by atoms with van der Waals surface area (Å²) in [4.78, 5) is 2.73. The molecule has 0 amide bonds. The molecule has 2 saturated heterocycles. The van der Waals surface area contributed by atoms with Crippen molar-refractivity contribution in [3.8, 4) is 5.75 Å². The van der Waals surface area contributed by atoms with Gasteiger partial charge in [0, 0.05) is 17.8 Å². The Morgan fingerprint density at radius 1 is 1.00 bits per heavy atom. The molecule has 2 aromatic carbocycles. The second-order valence-corrected chi connectivity index (χ2v) is 7.08. The highest BCUT2D eigenvalue weighted by atomic mass is 16.5. The molecule has 2 aliphatic rings. The van der Waals surface area contributed by atoms with E-state index in [0.717, 1.165) is 23.0 Å². The molecule has 0 bridgehead atoms. The maximum Gasteiger partial charge on any atom is 0.119 e. The molecule has 2 atom stereocenters. The van der Waals surface area contributed by atoms with E-state index in [1.807, 2.05) is 24.3 Å². The molecule has 0 radical (unpaired) electrons. The van der Waals surface area contributed by atoms with Crippen molar-refractivity contribution >= 4 is 5.69 Å². The third kappa shape index (κ3) is 3.27. The molecule has 4 rings (SSSR count). The number of ether oxygens (including phenoxy) is 1. The van der Waals surface area contributed by atoms with Crippen LogP contribution in [0, 0.1) is 0 Å². The minimum absolute atomic E-state index is 0.558. The molecular weight excluding hydrogens is 296 g/mol. The number of benzene rings is 2. The molecule has 0 unspecified atom stereocenters. The van der Waals surface area contributed by atoms with E-state index in [1.165, 1.54) is 44.2 Å². The molecule has 2 heterocycles. The van der Waals surface area contributed by atoms with Crippen LogP contribution < -0.4 is 10.5 Å². The van der Waals surface area contributed by atoms with Gasteiger partial charge in [-0.25, -0.2) is 0 Å². The molecule has 0 spiro atoms. The zero-order chi connectivity index (χ0) is 16.4. The lowest BCUT2D eigenvalue weighted by molar-refractivity contribution is 0.150. The van der Waals surface area contributed by atoms with Gasteiger partial charge < -0.3 is 10.5 Å². The number of rotatable bonds is 4. The summed E-state index contributed by atoms with van der Waals surface area (Å²) >= 11 is 0. The topological polar surface area (TPSA) is 38.5 Å². The van der Waals surface area contributed by atoms with Crippen LogP contribution in [0.2, 0.25) is 0 Å². The van der Waals surface area contributed by atoms with E-state index in [-0.39, 0.29) is 0 Å². The third-order valence-electron chi connectivity index (χ3n) is 5.47. The van der Waals surface area contributed by atoms with Gasteiger partial charge in [0.25, 0.3) is 0 Å². The summed E-state index contributed by atoms with van der Waals surface area (Å²) in [7, 11) is 0. The average Bonchev–Trinajstić information content (AvgIpc) is 3.05. The van der Waals surface area contributed by atoms with E-state index in [4.69, 9.17) is 10.5 Å². The normalized spacial score (nSPS) is 23.8. The molecule has 0 aliphatic carbocycles. The molecule has 0 saturated carbocycles. The van der Waals surface area contributed by atoms with Crippen molar-refractivity contribution in [2.24, 2.45) is 0 Å². The number of fused-ring (bicyclic) bond motifs is 1. The van der Waals surface area contributed by atoms with Crippen molar-refractivity contribution < 1.29 is 4.74 Å². The first-order valence-electron chi connectivity index (χ1n) is 9.12. The Balaban J connectivity index is 1.39. The van der Waals surface area contributed by atoms with E-state index >= 15 is 0 Å². The van der Waals surface area contributed by atoms with Gasteiger partial charge in [0.05, 0.1) is 0 Å². The number of anilines is 1. The molecule has 3 heteroatoms. The Labute approximate surface area is 144 Å². The second kappa shape index (κ2) is 6.86. The maximum absolute atomic E-state index is 5.90. The van der Waals surface area contributed by atoms with Crippen LogP contribution in [0.5, 0.6) is 5.75 Å². The van der Waals surface area contributed by atoms with E-state index in [2.05, 4.69) is 29.2 Å². The van der Waals surface area contributed by atoms with Gasteiger partial charge in [0.1, 0.15) is 12.4 Å². The Morgan fingerprint density at radius 2 is 1.88 bits per heavy atom. The highest BCUT2D eigenvalue weighted by molar-refractivity contribution is 5.40. The predicted octanol–water partition coefficient (Wildman–Crippen LogP) is 4.54. The van der Waals surface area contributed by atoms with Crippen LogP contribution in [0.15, 0.2) is 48.5 Å². The number of hydrogen-bond donors (Lipinski definition) is 1. The fourth-order valence-corrected chi connectivity index (χ4v) is 4.25. The number of nitrogen functional groups attached to an aromatic ring is 1. The minimum atomic E-state index is 0.558. The number of nitrogens with two attached hydrogens (primary N) is 1. The first kappa shape index (κ1) is 15.5. The Morgan fingerprint density at radius 3 is 2.71 bits per heavy atom. The monoisotopic (exact) mass is 322 g/mol. The summed E-state index contributed by atoms with van der Waals surface area (Å²) in [5.74, 6) is 0.925. The summed E-state index contributed by atoms with van der Waals surface area (Å²) in [5.41, 5.74) is 9.14. The molecule has 3 nitrogen and oxygen atoms in total. The molecule has 2 N–H and O–H groups in total. The Kier molecular flexibility index (Phi) is 4.44. The van der Waals surface area contributed by atoms with Gasteiger partial charge in [-0.15, -0.1) is 0 Å². The average molecular weight is 322 g/mol. The second-order valence-electron chi connectivity index (χ2n) is 7.08. The third-order valence-corrected chi connectivity index (χ3v) is 5.47. The van der Waals surface area contributed by atoms with Crippen molar-refractivity contribution in [2.75, 3.05) is 12.3 Å². The van der Waals surface area contributed by atoms with E-state index in [9.17, 15) is 0 Å². The number of piperidine rings is 1. The van der Waals surface area contributed by atoms with Crippen LogP contribution in [0.4, 0.5) is 5.69 Å². The molecule has 24 heavy (non-hydrogen) atoms. The Bertz CT molecular complexity index is 682. The van der Waals surface area contributed by atoms with E-state index in [1.54, 1.807) is 0 Å². The highest BCUT2D eigenvalue weighted by Crippen LogP contribution is 2.40. The molecule has 2 aliphatic heterocycles. The standard InChI is InChI=1S/C21H26N2O/c22-18-5-3-4-16(14-18)15-24-20-10-7-17(8-11-20)21-12-9-19-6-1-2-13-23(19)21/h3-5,7-8,10-11,14,19,21H,1-2,6,9,12-13,15,22H2/t19-,21-/m0/s1. The molecule has 2 aromatic rings. The van der Waals surface area contributed by atoms with Gasteiger partial charge in [-0.2, -0.15) is 0 Å². The van der Waals surface area contributed by atoms with Gasteiger partial charge >= 0.3 is 0 Å². The van der Waals surface area contributed by atoms with Crippen LogP contribution in [-0.4, -0.2) is 17.5 Å². The van der Waals surface area contributed by atoms with Crippen LogP contribution in [0.3, 0.4) is 0 Å². The predicted molar refractivity (Wildman–Crippen MR) is 97.9 cm³/mol. The van der Waals surface area contributed by atoms with E-state index < -0.39 is 0 Å². The molecule has 2 fully saturated rings. The van der Waals surface area contributed by atoms with Gasteiger partial charge in [0.2, 0.25) is 0 Å². The lowest BCUT2D eigenvalue weighted by Gasteiger charge is -2.34. The minimum Gasteiger partial charge on any atom is -0.489 e. The fourth-order valence-electron chi connectivity index (χ4n) is 4.25. The quantitative estimate of drug-likeness (QED) is 0.840. The smallest absolute Gasteiger partial charge is 0.119 e. The van der Waals surface area contributed by atoms with Crippen molar-refractivity contribution in [3.05, 3.63) is 59.7 Å². The zero-order valence-electron chi connectivity index (χ0n) is 14.2. The molecule has 126 valence electrons. The SMILES string of the molecule is Nc1cccc(COc2ccc([C@@H]3CC[C@@H]4CCCCN43)cc2)c1. The Hall–Kier alpha value is -2.00. The summed E-state index contributed by atoms with van der Waals surface area (Å²) < 4.78 is 5.90. The summed E-state index contributed by atoms with van der Waals surface area (Å²) in [6.07, 6.45) is 6.81. The lowest BCUT2D eigenvalue weighted by atomic mass is 10.0. The fraction of sp³-hybridized carbons (Fsp3) is 0.429. The zero-order valence-corrected chi connectivity index (χ0v) is 14.2.